The van der Waals surface area contributed by atoms with Gasteiger partial charge in [-0.2, -0.15) is 0 Å². The number of aryl methyl sites for hydroxylation is 1. The first kappa shape index (κ1) is 32.8. The first-order valence-electron chi connectivity index (χ1n) is 12.8. The minimum atomic E-state index is -0.823. The standard InChI is InChI=1S/C29H33N5O8/c1-5-6-22-17(2)13-27(39)42-24(22)11-12-30-25(37)15-31-28(40)18(3)33-26(38)16-32-29(41)23(34-19(4)35)14-20-7-9-21(36)10-8-20/h5-10,13-14,36H,3,11-12,15-16H2,1-2,4H3,(H,30,37)(H,31,40)(H,32,41)(H,33,38)(H,34,35)/b6-5-,23-14+. The minimum absolute atomic E-state index is 0.0207. The summed E-state index contributed by atoms with van der Waals surface area (Å²) >= 11 is 0. The number of benzene rings is 1. The molecule has 2 rings (SSSR count). The van der Waals surface area contributed by atoms with Crippen LogP contribution in [0.2, 0.25) is 0 Å². The van der Waals surface area contributed by atoms with Crippen molar-refractivity contribution in [3.8, 4) is 5.75 Å². The van der Waals surface area contributed by atoms with Gasteiger partial charge < -0.3 is 36.1 Å². The second kappa shape index (κ2) is 16.0. The highest BCUT2D eigenvalue weighted by Crippen LogP contribution is 2.14. The topological polar surface area (TPSA) is 196 Å². The number of rotatable bonds is 13. The largest absolute Gasteiger partial charge is 0.508 e. The summed E-state index contributed by atoms with van der Waals surface area (Å²) in [4.78, 5) is 72.3. The highest BCUT2D eigenvalue weighted by Gasteiger charge is 2.16. The van der Waals surface area contributed by atoms with Crippen LogP contribution in [0.15, 0.2) is 63.6 Å². The van der Waals surface area contributed by atoms with E-state index in [1.807, 2.05) is 6.92 Å². The zero-order valence-corrected chi connectivity index (χ0v) is 23.5. The Bertz CT molecular complexity index is 1470. The van der Waals surface area contributed by atoms with Crippen molar-refractivity contribution in [2.24, 2.45) is 0 Å². The smallest absolute Gasteiger partial charge is 0.336 e. The molecule has 0 atom stereocenters. The van der Waals surface area contributed by atoms with Crippen molar-refractivity contribution in [3.05, 3.63) is 87.3 Å². The Balaban J connectivity index is 1.80. The van der Waals surface area contributed by atoms with Crippen molar-refractivity contribution in [3.63, 3.8) is 0 Å². The molecule has 1 aromatic carbocycles. The number of amides is 5. The lowest BCUT2D eigenvalue weighted by Gasteiger charge is -2.12. The summed E-state index contributed by atoms with van der Waals surface area (Å²) in [7, 11) is 0. The zero-order chi connectivity index (χ0) is 31.2. The molecule has 222 valence electrons. The van der Waals surface area contributed by atoms with E-state index in [4.69, 9.17) is 4.42 Å². The molecule has 0 aliphatic heterocycles. The third-order valence-corrected chi connectivity index (χ3v) is 5.43. The molecule has 0 saturated carbocycles. The first-order chi connectivity index (χ1) is 19.9. The molecule has 1 heterocycles. The van der Waals surface area contributed by atoms with E-state index in [2.05, 4.69) is 33.2 Å². The molecule has 6 N–H and O–H groups in total. The second-order valence-corrected chi connectivity index (χ2v) is 8.91. The number of nitrogens with one attached hydrogen (secondary N) is 5. The van der Waals surface area contributed by atoms with Crippen molar-refractivity contribution in [2.75, 3.05) is 19.6 Å². The van der Waals surface area contributed by atoms with Crippen LogP contribution in [0.1, 0.15) is 36.3 Å². The fourth-order valence-electron chi connectivity index (χ4n) is 3.51. The van der Waals surface area contributed by atoms with E-state index in [0.717, 1.165) is 11.1 Å². The van der Waals surface area contributed by atoms with Crippen molar-refractivity contribution in [1.82, 2.24) is 26.6 Å². The third-order valence-electron chi connectivity index (χ3n) is 5.43. The molecule has 0 fully saturated rings. The highest BCUT2D eigenvalue weighted by atomic mass is 16.4. The van der Waals surface area contributed by atoms with Gasteiger partial charge in [0.15, 0.2) is 0 Å². The van der Waals surface area contributed by atoms with Gasteiger partial charge in [-0.05, 0) is 43.2 Å². The van der Waals surface area contributed by atoms with Crippen molar-refractivity contribution in [2.45, 2.75) is 27.2 Å². The van der Waals surface area contributed by atoms with E-state index in [9.17, 15) is 33.9 Å². The van der Waals surface area contributed by atoms with E-state index in [1.54, 1.807) is 19.1 Å². The van der Waals surface area contributed by atoms with Gasteiger partial charge in [0.2, 0.25) is 17.7 Å². The molecule has 0 aliphatic rings. The molecule has 13 nitrogen and oxygen atoms in total. The maximum absolute atomic E-state index is 12.5. The SMILES string of the molecule is C=C(NC(=O)CNC(=O)/C(=C\c1ccc(O)cc1)NC(C)=O)C(=O)NCC(=O)NCCc1oc(=O)cc(C)c1/C=C\C. The van der Waals surface area contributed by atoms with Gasteiger partial charge in [0, 0.05) is 31.5 Å². The van der Waals surface area contributed by atoms with E-state index in [1.165, 1.54) is 43.3 Å². The Kier molecular flexibility index (Phi) is 12.4. The molecule has 0 aliphatic carbocycles. The van der Waals surface area contributed by atoms with Crippen LogP contribution in [0.3, 0.4) is 0 Å². The zero-order valence-electron chi connectivity index (χ0n) is 23.5. The quantitative estimate of drug-likeness (QED) is 0.183. The molecule has 0 unspecified atom stereocenters. The first-order valence-corrected chi connectivity index (χ1v) is 12.8. The predicted molar refractivity (Wildman–Crippen MR) is 154 cm³/mol. The summed E-state index contributed by atoms with van der Waals surface area (Å²) in [6.07, 6.45) is 5.21. The average molecular weight is 580 g/mol. The fraction of sp³-hybridized carbons (Fsp3) is 0.241. The van der Waals surface area contributed by atoms with Gasteiger partial charge in [-0.25, -0.2) is 4.79 Å². The van der Waals surface area contributed by atoms with Crippen LogP contribution in [0.25, 0.3) is 12.2 Å². The molecule has 5 amide bonds. The lowest BCUT2D eigenvalue weighted by atomic mass is 10.1. The van der Waals surface area contributed by atoms with Crippen molar-refractivity contribution in [1.29, 1.82) is 0 Å². The number of allylic oxidation sites excluding steroid dienone is 1. The summed E-state index contributed by atoms with van der Waals surface area (Å²) in [5.41, 5.74) is 1.01. The summed E-state index contributed by atoms with van der Waals surface area (Å²) in [6.45, 7) is 7.45. The minimum Gasteiger partial charge on any atom is -0.508 e. The van der Waals surface area contributed by atoms with Gasteiger partial charge in [0.25, 0.3) is 11.8 Å². The van der Waals surface area contributed by atoms with E-state index in [-0.39, 0.29) is 30.1 Å². The lowest BCUT2D eigenvalue weighted by molar-refractivity contribution is -0.126. The van der Waals surface area contributed by atoms with Gasteiger partial charge in [-0.15, -0.1) is 0 Å². The monoisotopic (exact) mass is 579 g/mol. The summed E-state index contributed by atoms with van der Waals surface area (Å²) in [5.74, 6) is -2.98. The molecule has 13 heteroatoms. The molecule has 0 radical (unpaired) electrons. The Morgan fingerprint density at radius 3 is 2.24 bits per heavy atom. The maximum Gasteiger partial charge on any atom is 0.336 e. The van der Waals surface area contributed by atoms with Gasteiger partial charge in [-0.1, -0.05) is 30.9 Å². The van der Waals surface area contributed by atoms with Crippen LogP contribution in [-0.2, 0) is 30.4 Å². The number of aromatic hydroxyl groups is 1. The van der Waals surface area contributed by atoms with Crippen LogP contribution < -0.4 is 32.2 Å². The lowest BCUT2D eigenvalue weighted by Crippen LogP contribution is -2.43. The van der Waals surface area contributed by atoms with Crippen molar-refractivity contribution >= 4 is 41.7 Å². The van der Waals surface area contributed by atoms with Crippen LogP contribution >= 0.6 is 0 Å². The van der Waals surface area contributed by atoms with Gasteiger partial charge in [0.1, 0.15) is 17.2 Å². The van der Waals surface area contributed by atoms with Crippen LogP contribution in [0, 0.1) is 6.92 Å². The molecule has 0 spiro atoms. The number of hydrogen-bond acceptors (Lipinski definition) is 8. The van der Waals surface area contributed by atoms with Gasteiger partial charge in [-0.3, -0.25) is 24.0 Å². The third kappa shape index (κ3) is 11.0. The van der Waals surface area contributed by atoms with E-state index in [0.29, 0.717) is 11.3 Å². The molecule has 42 heavy (non-hydrogen) atoms. The number of hydrogen-bond donors (Lipinski definition) is 6. The average Bonchev–Trinajstić information content (AvgIpc) is 2.92. The number of phenols is 1. The summed E-state index contributed by atoms with van der Waals surface area (Å²) in [6, 6.07) is 7.21. The Morgan fingerprint density at radius 2 is 1.60 bits per heavy atom. The van der Waals surface area contributed by atoms with Crippen LogP contribution in [0.4, 0.5) is 0 Å². The molecular weight excluding hydrogens is 546 g/mol. The molecule has 0 bridgehead atoms. The van der Waals surface area contributed by atoms with E-state index >= 15 is 0 Å². The Labute approximate surface area is 241 Å². The van der Waals surface area contributed by atoms with Gasteiger partial charge >= 0.3 is 5.63 Å². The van der Waals surface area contributed by atoms with Crippen LogP contribution in [-0.4, -0.2) is 54.3 Å². The molecule has 1 aromatic heterocycles. The van der Waals surface area contributed by atoms with Gasteiger partial charge in [0.05, 0.1) is 18.8 Å². The Hall–Kier alpha value is -5.46. The number of carbonyl (C=O) groups excluding carboxylic acids is 5. The summed E-state index contributed by atoms with van der Waals surface area (Å²) < 4.78 is 5.25. The molecule has 2 aromatic rings. The number of phenolic OH excluding ortho intramolecular Hbond substituents is 1. The van der Waals surface area contributed by atoms with E-state index < -0.39 is 48.3 Å². The molecule has 0 saturated heterocycles. The number of carbonyl (C=O) groups is 5. The summed E-state index contributed by atoms with van der Waals surface area (Å²) in [5, 5.41) is 21.2. The fourth-order valence-corrected chi connectivity index (χ4v) is 3.51. The maximum atomic E-state index is 12.5. The highest BCUT2D eigenvalue weighted by molar-refractivity contribution is 6.03. The Morgan fingerprint density at radius 1 is 0.952 bits per heavy atom. The molecular formula is C29H33N5O8. The van der Waals surface area contributed by atoms with Crippen LogP contribution in [0.5, 0.6) is 5.75 Å². The predicted octanol–water partition coefficient (Wildman–Crippen LogP) is 0.385. The normalized spacial score (nSPS) is 11.0. The second-order valence-electron chi connectivity index (χ2n) is 8.91. The van der Waals surface area contributed by atoms with Crippen molar-refractivity contribution < 1.29 is 33.5 Å².